The van der Waals surface area contributed by atoms with Crippen molar-refractivity contribution in [2.75, 3.05) is 13.7 Å². The number of fused-ring (bicyclic) bond motifs is 1. The Labute approximate surface area is 85.0 Å². The summed E-state index contributed by atoms with van der Waals surface area (Å²) < 4.78 is 0. The van der Waals surface area contributed by atoms with Crippen molar-refractivity contribution in [1.29, 1.82) is 0 Å². The largest absolute Gasteiger partial charge is 0.369 e. The molecular weight excluding hydrogens is 174 g/mol. The first kappa shape index (κ1) is 9.44. The van der Waals surface area contributed by atoms with E-state index in [9.17, 15) is 0 Å². The van der Waals surface area contributed by atoms with E-state index in [1.165, 1.54) is 11.4 Å². The molecule has 0 aromatic rings. The Morgan fingerprint density at radius 1 is 1.64 bits per heavy atom. The van der Waals surface area contributed by atoms with Crippen LogP contribution in [0.25, 0.3) is 0 Å². The van der Waals surface area contributed by atoms with E-state index < -0.39 is 0 Å². The van der Waals surface area contributed by atoms with Crippen LogP contribution in [-0.2, 0) is 0 Å². The SMILES string of the molecule is CN=CC1CC=C2NCN=C(C)C2C1. The highest BCUT2D eigenvalue weighted by Crippen LogP contribution is 2.29. The molecule has 14 heavy (non-hydrogen) atoms. The summed E-state index contributed by atoms with van der Waals surface area (Å²) in [4.78, 5) is 8.54. The van der Waals surface area contributed by atoms with Gasteiger partial charge in [-0.25, -0.2) is 0 Å². The molecule has 3 heteroatoms. The fourth-order valence-electron chi connectivity index (χ4n) is 2.24. The maximum Gasteiger partial charge on any atom is 0.107 e. The summed E-state index contributed by atoms with van der Waals surface area (Å²) in [7, 11) is 1.85. The number of nitrogens with one attached hydrogen (secondary N) is 1. The third-order valence-electron chi connectivity index (χ3n) is 3.03. The van der Waals surface area contributed by atoms with Gasteiger partial charge in [0.05, 0.1) is 0 Å². The van der Waals surface area contributed by atoms with Crippen LogP contribution in [0.2, 0.25) is 0 Å². The minimum atomic E-state index is 0.514. The van der Waals surface area contributed by atoms with Crippen LogP contribution >= 0.6 is 0 Å². The van der Waals surface area contributed by atoms with Gasteiger partial charge in [-0.15, -0.1) is 0 Å². The highest BCUT2D eigenvalue weighted by atomic mass is 15.1. The van der Waals surface area contributed by atoms with Crippen LogP contribution < -0.4 is 5.32 Å². The molecule has 0 saturated heterocycles. The lowest BCUT2D eigenvalue weighted by Crippen LogP contribution is -2.35. The van der Waals surface area contributed by atoms with Gasteiger partial charge >= 0.3 is 0 Å². The first-order valence-corrected chi connectivity index (χ1v) is 5.18. The lowest BCUT2D eigenvalue weighted by molar-refractivity contribution is 0.502. The van der Waals surface area contributed by atoms with Gasteiger partial charge in [0.2, 0.25) is 0 Å². The molecule has 1 aliphatic carbocycles. The number of nitrogens with zero attached hydrogens (tertiary/aromatic N) is 2. The molecule has 0 fully saturated rings. The summed E-state index contributed by atoms with van der Waals surface area (Å²) in [6.45, 7) is 2.88. The second kappa shape index (κ2) is 3.95. The van der Waals surface area contributed by atoms with Gasteiger partial charge < -0.3 is 10.3 Å². The summed E-state index contributed by atoms with van der Waals surface area (Å²) in [5.41, 5.74) is 2.64. The van der Waals surface area contributed by atoms with Crippen LogP contribution in [0.4, 0.5) is 0 Å². The summed E-state index contributed by atoms with van der Waals surface area (Å²) in [5.74, 6) is 1.11. The second-order valence-corrected chi connectivity index (χ2v) is 3.99. The molecule has 0 bridgehead atoms. The Morgan fingerprint density at radius 3 is 3.29 bits per heavy atom. The lowest BCUT2D eigenvalue weighted by Gasteiger charge is -2.31. The van der Waals surface area contributed by atoms with Crippen molar-refractivity contribution in [3.63, 3.8) is 0 Å². The number of allylic oxidation sites excluding steroid dienone is 2. The molecule has 2 unspecified atom stereocenters. The molecule has 0 spiro atoms. The van der Waals surface area contributed by atoms with E-state index in [2.05, 4.69) is 34.5 Å². The molecule has 2 rings (SSSR count). The van der Waals surface area contributed by atoms with Crippen molar-refractivity contribution < 1.29 is 0 Å². The molecule has 76 valence electrons. The van der Waals surface area contributed by atoms with E-state index in [1.807, 2.05) is 7.05 Å². The molecule has 2 aliphatic rings. The predicted octanol–water partition coefficient (Wildman–Crippen LogP) is 1.62. The van der Waals surface area contributed by atoms with Gasteiger partial charge in [-0.3, -0.25) is 4.99 Å². The van der Waals surface area contributed by atoms with E-state index in [4.69, 9.17) is 0 Å². The zero-order valence-corrected chi connectivity index (χ0v) is 8.83. The van der Waals surface area contributed by atoms with E-state index in [0.29, 0.717) is 11.8 Å². The molecule has 1 N–H and O–H groups in total. The average Bonchev–Trinajstić information content (AvgIpc) is 2.20. The highest BCUT2D eigenvalue weighted by Gasteiger charge is 2.27. The van der Waals surface area contributed by atoms with E-state index >= 15 is 0 Å². The molecular formula is C11H17N3. The van der Waals surface area contributed by atoms with E-state index in [0.717, 1.165) is 19.5 Å². The summed E-state index contributed by atoms with van der Waals surface area (Å²) in [6, 6.07) is 0. The number of rotatable bonds is 1. The predicted molar refractivity (Wildman–Crippen MR) is 59.8 cm³/mol. The minimum absolute atomic E-state index is 0.514. The zero-order chi connectivity index (χ0) is 9.97. The molecule has 1 aliphatic heterocycles. The topological polar surface area (TPSA) is 36.8 Å². The smallest absolute Gasteiger partial charge is 0.107 e. The third-order valence-corrected chi connectivity index (χ3v) is 3.03. The fourth-order valence-corrected chi connectivity index (χ4v) is 2.24. The highest BCUT2D eigenvalue weighted by molar-refractivity contribution is 5.88. The van der Waals surface area contributed by atoms with Crippen molar-refractivity contribution in [3.05, 3.63) is 11.8 Å². The monoisotopic (exact) mass is 191 g/mol. The van der Waals surface area contributed by atoms with Gasteiger partial charge in [0.15, 0.2) is 0 Å². The first-order valence-electron chi connectivity index (χ1n) is 5.18. The van der Waals surface area contributed by atoms with E-state index in [1.54, 1.807) is 0 Å². The summed E-state index contributed by atoms with van der Waals surface area (Å²) in [5, 5.41) is 3.34. The quantitative estimate of drug-likeness (QED) is 0.628. The molecule has 0 aromatic heterocycles. The standard InChI is InChI=1S/C11H17N3/c1-8-10-5-9(6-12-2)3-4-11(10)14-7-13-8/h4,6,9-10,14H,3,5,7H2,1-2H3. The zero-order valence-electron chi connectivity index (χ0n) is 8.83. The van der Waals surface area contributed by atoms with Gasteiger partial charge in [0.25, 0.3) is 0 Å². The van der Waals surface area contributed by atoms with Crippen molar-refractivity contribution >= 4 is 11.9 Å². The van der Waals surface area contributed by atoms with Gasteiger partial charge in [-0.2, -0.15) is 0 Å². The molecule has 1 heterocycles. The number of aliphatic imine (C=N–C) groups is 2. The van der Waals surface area contributed by atoms with Crippen molar-refractivity contribution in [3.8, 4) is 0 Å². The Balaban J connectivity index is 2.15. The Hall–Kier alpha value is -1.12. The summed E-state index contributed by atoms with van der Waals surface area (Å²) >= 11 is 0. The van der Waals surface area contributed by atoms with Gasteiger partial charge in [-0.05, 0) is 25.7 Å². The molecule has 0 radical (unpaired) electrons. The Morgan fingerprint density at radius 2 is 2.50 bits per heavy atom. The maximum atomic E-state index is 4.43. The van der Waals surface area contributed by atoms with Crippen LogP contribution in [0.3, 0.4) is 0 Å². The molecule has 3 nitrogen and oxygen atoms in total. The number of hydrogen-bond acceptors (Lipinski definition) is 3. The molecule has 2 atom stereocenters. The molecule has 0 saturated carbocycles. The van der Waals surface area contributed by atoms with Crippen LogP contribution in [0, 0.1) is 11.8 Å². The lowest BCUT2D eigenvalue weighted by atomic mass is 9.82. The van der Waals surface area contributed by atoms with Crippen LogP contribution in [-0.4, -0.2) is 25.6 Å². The Kier molecular flexibility index (Phi) is 2.66. The van der Waals surface area contributed by atoms with Gasteiger partial charge in [-0.1, -0.05) is 6.08 Å². The fraction of sp³-hybridized carbons (Fsp3) is 0.636. The van der Waals surface area contributed by atoms with Crippen LogP contribution in [0.5, 0.6) is 0 Å². The van der Waals surface area contributed by atoms with Gasteiger partial charge in [0.1, 0.15) is 6.67 Å². The molecule has 0 aromatic carbocycles. The average molecular weight is 191 g/mol. The maximum absolute atomic E-state index is 4.43. The van der Waals surface area contributed by atoms with Gasteiger partial charge in [0, 0.05) is 30.6 Å². The first-order chi connectivity index (χ1) is 6.81. The minimum Gasteiger partial charge on any atom is -0.369 e. The number of hydrogen-bond donors (Lipinski definition) is 1. The van der Waals surface area contributed by atoms with Crippen molar-refractivity contribution in [2.24, 2.45) is 21.8 Å². The normalized spacial score (nSPS) is 31.9. The van der Waals surface area contributed by atoms with Crippen LogP contribution in [0.15, 0.2) is 21.8 Å². The summed E-state index contributed by atoms with van der Waals surface area (Å²) in [6.07, 6.45) is 6.64. The molecule has 0 amide bonds. The van der Waals surface area contributed by atoms with Crippen LogP contribution in [0.1, 0.15) is 19.8 Å². The Bertz CT molecular complexity index is 302. The third kappa shape index (κ3) is 1.72. The van der Waals surface area contributed by atoms with Crippen molar-refractivity contribution in [1.82, 2.24) is 5.32 Å². The van der Waals surface area contributed by atoms with Crippen molar-refractivity contribution in [2.45, 2.75) is 19.8 Å². The second-order valence-electron chi connectivity index (χ2n) is 3.99. The van der Waals surface area contributed by atoms with E-state index in [-0.39, 0.29) is 0 Å².